The van der Waals surface area contributed by atoms with E-state index < -0.39 is 11.9 Å². The fourth-order valence-corrected chi connectivity index (χ4v) is 3.36. The second-order valence-corrected chi connectivity index (χ2v) is 7.01. The number of nitrogens with zero attached hydrogens (tertiary/aromatic N) is 1. The molecular formula is C19H27N3O5S. The number of thiocarbonyl (C=S) groups is 1. The van der Waals surface area contributed by atoms with E-state index in [0.29, 0.717) is 6.10 Å². The molecule has 1 atom stereocenters. The molecule has 1 aromatic rings. The molecule has 0 spiro atoms. The van der Waals surface area contributed by atoms with E-state index in [0.717, 1.165) is 62.8 Å². The van der Waals surface area contributed by atoms with Crippen molar-refractivity contribution in [2.75, 3.05) is 32.7 Å². The zero-order valence-corrected chi connectivity index (χ0v) is 16.5. The standard InChI is InChI=1S/C17H25N3OS.C2H2O4/c22-17-19-10-4-12-20(17)11-3-9-18-13-15-8-7-14-5-1-2-6-16(14)21-15;3-1(4)2(5)6/h1-2,5-6,15,18H,3-4,7-13H2,(H,19,22);(H,3,4)(H,5,6). The van der Waals surface area contributed by atoms with Crippen LogP contribution in [0.2, 0.25) is 0 Å². The van der Waals surface area contributed by atoms with Crippen LogP contribution in [0, 0.1) is 0 Å². The first-order valence-electron chi connectivity index (χ1n) is 9.41. The Balaban J connectivity index is 0.000000409. The molecule has 0 aromatic heterocycles. The van der Waals surface area contributed by atoms with E-state index in [1.807, 2.05) is 6.07 Å². The topological polar surface area (TPSA) is 111 Å². The zero-order valence-electron chi connectivity index (χ0n) is 15.7. The van der Waals surface area contributed by atoms with Crippen molar-refractivity contribution in [3.63, 3.8) is 0 Å². The van der Waals surface area contributed by atoms with Gasteiger partial charge in [0.2, 0.25) is 0 Å². The summed E-state index contributed by atoms with van der Waals surface area (Å²) in [6, 6.07) is 8.37. The van der Waals surface area contributed by atoms with Crippen molar-refractivity contribution in [1.82, 2.24) is 15.5 Å². The highest BCUT2D eigenvalue weighted by molar-refractivity contribution is 7.80. The van der Waals surface area contributed by atoms with Gasteiger partial charge in [0.1, 0.15) is 11.9 Å². The van der Waals surface area contributed by atoms with Gasteiger partial charge in [-0.25, -0.2) is 9.59 Å². The Kier molecular flexibility index (Phi) is 8.96. The van der Waals surface area contributed by atoms with E-state index in [-0.39, 0.29) is 0 Å². The third-order valence-corrected chi connectivity index (χ3v) is 4.91. The SMILES string of the molecule is O=C(O)C(=O)O.S=C1NCCCN1CCCNCC1CCc2ccccc2O1. The summed E-state index contributed by atoms with van der Waals surface area (Å²) in [4.78, 5) is 20.5. The molecule has 2 aliphatic heterocycles. The monoisotopic (exact) mass is 409 g/mol. The lowest BCUT2D eigenvalue weighted by Gasteiger charge is -2.30. The molecule has 1 unspecified atom stereocenters. The predicted octanol–water partition coefficient (Wildman–Crippen LogP) is 1.10. The summed E-state index contributed by atoms with van der Waals surface area (Å²) < 4.78 is 6.04. The van der Waals surface area contributed by atoms with Crippen LogP contribution in [0.5, 0.6) is 5.75 Å². The van der Waals surface area contributed by atoms with Crippen molar-refractivity contribution in [1.29, 1.82) is 0 Å². The molecule has 0 amide bonds. The van der Waals surface area contributed by atoms with Crippen LogP contribution in [0.3, 0.4) is 0 Å². The Labute approximate surface area is 169 Å². The number of carboxylic acids is 2. The summed E-state index contributed by atoms with van der Waals surface area (Å²) in [5.41, 5.74) is 1.34. The number of hydrogen-bond acceptors (Lipinski definition) is 5. The van der Waals surface area contributed by atoms with E-state index in [2.05, 4.69) is 33.7 Å². The highest BCUT2D eigenvalue weighted by Gasteiger charge is 2.18. The molecule has 8 nitrogen and oxygen atoms in total. The fourth-order valence-electron chi connectivity index (χ4n) is 3.07. The molecule has 1 aromatic carbocycles. The van der Waals surface area contributed by atoms with Crippen molar-refractivity contribution in [2.24, 2.45) is 0 Å². The van der Waals surface area contributed by atoms with Crippen LogP contribution >= 0.6 is 12.2 Å². The fraction of sp³-hybridized carbons (Fsp3) is 0.526. The normalized spacial score (nSPS) is 18.1. The van der Waals surface area contributed by atoms with E-state index in [1.54, 1.807) is 0 Å². The second kappa shape index (κ2) is 11.5. The van der Waals surface area contributed by atoms with Gasteiger partial charge in [0.25, 0.3) is 0 Å². The van der Waals surface area contributed by atoms with Crippen molar-refractivity contribution >= 4 is 29.3 Å². The first kappa shape index (κ1) is 21.9. The highest BCUT2D eigenvalue weighted by atomic mass is 32.1. The quantitative estimate of drug-likeness (QED) is 0.312. The number of carbonyl (C=O) groups is 2. The van der Waals surface area contributed by atoms with Crippen molar-refractivity contribution in [3.05, 3.63) is 29.8 Å². The van der Waals surface area contributed by atoms with Crippen molar-refractivity contribution in [3.8, 4) is 5.75 Å². The maximum absolute atomic E-state index is 9.10. The second-order valence-electron chi connectivity index (χ2n) is 6.63. The predicted molar refractivity (Wildman–Crippen MR) is 109 cm³/mol. The molecular weight excluding hydrogens is 382 g/mol. The Morgan fingerprint density at radius 3 is 2.75 bits per heavy atom. The number of aliphatic carboxylic acids is 2. The number of hydrogen-bond donors (Lipinski definition) is 4. The van der Waals surface area contributed by atoms with Gasteiger partial charge in [-0.05, 0) is 56.1 Å². The van der Waals surface area contributed by atoms with Crippen LogP contribution < -0.4 is 15.4 Å². The molecule has 2 heterocycles. The number of aryl methyl sites for hydroxylation is 1. The minimum absolute atomic E-state index is 0.299. The van der Waals surface area contributed by atoms with E-state index in [4.69, 9.17) is 36.8 Å². The molecule has 0 saturated carbocycles. The third-order valence-electron chi connectivity index (χ3n) is 4.51. The first-order valence-corrected chi connectivity index (χ1v) is 9.82. The molecule has 0 radical (unpaired) electrons. The molecule has 1 fully saturated rings. The van der Waals surface area contributed by atoms with Gasteiger partial charge in [0, 0.05) is 26.2 Å². The molecule has 3 rings (SSSR count). The molecule has 154 valence electrons. The minimum atomic E-state index is -1.82. The van der Waals surface area contributed by atoms with Crippen molar-refractivity contribution in [2.45, 2.75) is 31.8 Å². The Bertz CT molecular complexity index is 673. The van der Waals surface area contributed by atoms with E-state index in [9.17, 15) is 0 Å². The zero-order chi connectivity index (χ0) is 20.4. The third kappa shape index (κ3) is 7.32. The maximum Gasteiger partial charge on any atom is 0.414 e. The van der Waals surface area contributed by atoms with Crippen LogP contribution in [-0.2, 0) is 16.0 Å². The van der Waals surface area contributed by atoms with Gasteiger partial charge in [0.05, 0.1) is 0 Å². The minimum Gasteiger partial charge on any atom is -0.489 e. The lowest BCUT2D eigenvalue weighted by Crippen LogP contribution is -2.47. The molecule has 0 bridgehead atoms. The van der Waals surface area contributed by atoms with Gasteiger partial charge in [-0.2, -0.15) is 0 Å². The van der Waals surface area contributed by atoms with Crippen molar-refractivity contribution < 1.29 is 24.5 Å². The Morgan fingerprint density at radius 2 is 2.04 bits per heavy atom. The average molecular weight is 410 g/mol. The average Bonchev–Trinajstić information content (AvgIpc) is 2.69. The molecule has 2 aliphatic rings. The van der Waals surface area contributed by atoms with Gasteiger partial charge in [-0.15, -0.1) is 0 Å². The van der Waals surface area contributed by atoms with Gasteiger partial charge in [0.15, 0.2) is 5.11 Å². The maximum atomic E-state index is 9.10. The summed E-state index contributed by atoms with van der Waals surface area (Å²) in [5, 5.41) is 22.5. The van der Waals surface area contributed by atoms with Gasteiger partial charge in [-0.3, -0.25) is 0 Å². The molecule has 1 saturated heterocycles. The van der Waals surface area contributed by atoms with E-state index >= 15 is 0 Å². The summed E-state index contributed by atoms with van der Waals surface area (Å²) in [6.07, 6.45) is 4.82. The summed E-state index contributed by atoms with van der Waals surface area (Å²) >= 11 is 5.32. The van der Waals surface area contributed by atoms with Crippen LogP contribution in [0.1, 0.15) is 24.8 Å². The Hall–Kier alpha value is -2.39. The lowest BCUT2D eigenvalue weighted by atomic mass is 10.0. The molecule has 28 heavy (non-hydrogen) atoms. The summed E-state index contributed by atoms with van der Waals surface area (Å²) in [7, 11) is 0. The summed E-state index contributed by atoms with van der Waals surface area (Å²) in [5.74, 6) is -2.59. The number of rotatable bonds is 6. The van der Waals surface area contributed by atoms with E-state index in [1.165, 1.54) is 12.0 Å². The van der Waals surface area contributed by atoms with Gasteiger partial charge < -0.3 is 30.5 Å². The first-order chi connectivity index (χ1) is 13.5. The summed E-state index contributed by atoms with van der Waals surface area (Å²) in [6.45, 7) is 5.09. The van der Waals surface area contributed by atoms with Crippen LogP contribution in [-0.4, -0.2) is 71.0 Å². The number of fused-ring (bicyclic) bond motifs is 1. The number of carboxylic acid groups (broad SMARTS) is 2. The molecule has 0 aliphatic carbocycles. The van der Waals surface area contributed by atoms with Crippen LogP contribution in [0.15, 0.2) is 24.3 Å². The number of benzene rings is 1. The number of para-hydroxylation sites is 1. The number of nitrogens with one attached hydrogen (secondary N) is 2. The highest BCUT2D eigenvalue weighted by Crippen LogP contribution is 2.26. The number of ether oxygens (including phenoxy) is 1. The Morgan fingerprint density at radius 1 is 1.29 bits per heavy atom. The van der Waals surface area contributed by atoms with Crippen LogP contribution in [0.25, 0.3) is 0 Å². The smallest absolute Gasteiger partial charge is 0.414 e. The molecule has 4 N–H and O–H groups in total. The van der Waals surface area contributed by atoms with Gasteiger partial charge in [-0.1, -0.05) is 18.2 Å². The largest absolute Gasteiger partial charge is 0.489 e. The van der Waals surface area contributed by atoms with Gasteiger partial charge >= 0.3 is 11.9 Å². The molecule has 9 heteroatoms. The lowest BCUT2D eigenvalue weighted by molar-refractivity contribution is -0.159. The van der Waals surface area contributed by atoms with Crippen LogP contribution in [0.4, 0.5) is 0 Å².